The van der Waals surface area contributed by atoms with Gasteiger partial charge in [-0.15, -0.1) is 0 Å². The van der Waals surface area contributed by atoms with Crippen molar-refractivity contribution < 1.29 is 9.47 Å². The first-order valence-corrected chi connectivity index (χ1v) is 6.50. The number of nitrogens with two attached hydrogens (primary N) is 1. The molecular weight excluding hydrogens is 266 g/mol. The maximum atomic E-state index is 5.66. The summed E-state index contributed by atoms with van der Waals surface area (Å²) in [6.45, 7) is 5.52. The zero-order valence-corrected chi connectivity index (χ0v) is 11.7. The molecule has 0 aromatic carbocycles. The van der Waals surface area contributed by atoms with Crippen molar-refractivity contribution in [2.24, 2.45) is 0 Å². The number of nitrogen functional groups attached to an aromatic ring is 1. The molecule has 0 aliphatic carbocycles. The predicted octanol–water partition coefficient (Wildman–Crippen LogP) is 1.47. The van der Waals surface area contributed by atoms with Gasteiger partial charge in [0.1, 0.15) is 11.2 Å². The van der Waals surface area contributed by atoms with E-state index in [1.807, 2.05) is 18.4 Å². The first kappa shape index (κ1) is 13.9. The largest absolute Gasteiger partial charge is 0.369 e. The molecule has 0 bridgehead atoms. The highest BCUT2D eigenvalue weighted by molar-refractivity contribution is 7.71. The molecule has 0 atom stereocenters. The van der Waals surface area contributed by atoms with Gasteiger partial charge in [-0.05, 0) is 13.8 Å². The van der Waals surface area contributed by atoms with Crippen molar-refractivity contribution >= 4 is 29.3 Å². The van der Waals surface area contributed by atoms with Crippen LogP contribution in [0.1, 0.15) is 13.8 Å². The molecule has 19 heavy (non-hydrogen) atoms. The number of nitrogens with zero attached hydrogens (tertiary/aromatic N) is 3. The summed E-state index contributed by atoms with van der Waals surface area (Å²) in [6, 6.07) is 0. The Bertz CT molecular complexity index is 603. The van der Waals surface area contributed by atoms with E-state index in [1.165, 1.54) is 0 Å². The van der Waals surface area contributed by atoms with Crippen LogP contribution in [0.5, 0.6) is 0 Å². The van der Waals surface area contributed by atoms with Crippen LogP contribution in [0.25, 0.3) is 11.2 Å². The lowest BCUT2D eigenvalue weighted by Gasteiger charge is -2.17. The quantitative estimate of drug-likeness (QED) is 0.616. The Balaban J connectivity index is 2.32. The van der Waals surface area contributed by atoms with E-state index < -0.39 is 0 Å². The SMILES string of the molecule is CCOC(Cn1cnc2c(=S)nc(N)[nH]c21)OCC. The second kappa shape index (κ2) is 6.09. The van der Waals surface area contributed by atoms with Crippen LogP contribution in [0.3, 0.4) is 0 Å². The number of aromatic nitrogens is 4. The van der Waals surface area contributed by atoms with Gasteiger partial charge >= 0.3 is 0 Å². The van der Waals surface area contributed by atoms with Gasteiger partial charge in [-0.3, -0.25) is 0 Å². The topological polar surface area (TPSA) is 91.0 Å². The fraction of sp³-hybridized carbons (Fsp3) is 0.545. The van der Waals surface area contributed by atoms with Crippen molar-refractivity contribution in [3.05, 3.63) is 11.0 Å². The number of fused-ring (bicyclic) bond motifs is 1. The number of hydrogen-bond donors (Lipinski definition) is 2. The number of hydrogen-bond acceptors (Lipinski definition) is 6. The Morgan fingerprint density at radius 3 is 2.74 bits per heavy atom. The van der Waals surface area contributed by atoms with E-state index in [0.717, 1.165) is 5.65 Å². The number of anilines is 1. The number of H-pyrrole nitrogens is 1. The molecule has 104 valence electrons. The first-order chi connectivity index (χ1) is 9.15. The Morgan fingerprint density at radius 2 is 2.11 bits per heavy atom. The third-order valence-electron chi connectivity index (χ3n) is 2.56. The van der Waals surface area contributed by atoms with Crippen LogP contribution >= 0.6 is 12.2 Å². The van der Waals surface area contributed by atoms with Crippen molar-refractivity contribution in [3.63, 3.8) is 0 Å². The lowest BCUT2D eigenvalue weighted by molar-refractivity contribution is -0.143. The molecule has 0 amide bonds. The first-order valence-electron chi connectivity index (χ1n) is 6.09. The molecule has 0 fully saturated rings. The Labute approximate surface area is 115 Å². The number of nitrogens with one attached hydrogen (secondary N) is 1. The van der Waals surface area contributed by atoms with E-state index in [-0.39, 0.29) is 12.2 Å². The monoisotopic (exact) mass is 283 g/mol. The van der Waals surface area contributed by atoms with E-state index in [1.54, 1.807) is 6.33 Å². The second-order valence-corrected chi connectivity index (χ2v) is 4.25. The lowest BCUT2D eigenvalue weighted by Crippen LogP contribution is -2.23. The van der Waals surface area contributed by atoms with Crippen molar-refractivity contribution in [3.8, 4) is 0 Å². The fourth-order valence-corrected chi connectivity index (χ4v) is 2.05. The molecule has 2 aromatic rings. The van der Waals surface area contributed by atoms with Crippen LogP contribution in [0, 0.1) is 4.64 Å². The van der Waals surface area contributed by atoms with Gasteiger partial charge < -0.3 is 24.8 Å². The minimum atomic E-state index is -0.330. The Hall–Kier alpha value is -1.51. The van der Waals surface area contributed by atoms with Crippen LogP contribution in [0.2, 0.25) is 0 Å². The van der Waals surface area contributed by atoms with Gasteiger partial charge in [0, 0.05) is 13.2 Å². The lowest BCUT2D eigenvalue weighted by atomic mass is 10.5. The molecule has 7 nitrogen and oxygen atoms in total. The summed E-state index contributed by atoms with van der Waals surface area (Å²) in [4.78, 5) is 11.2. The van der Waals surface area contributed by atoms with Crippen LogP contribution < -0.4 is 5.73 Å². The maximum absolute atomic E-state index is 5.66. The van der Waals surface area contributed by atoms with E-state index >= 15 is 0 Å². The van der Waals surface area contributed by atoms with Crippen molar-refractivity contribution in [1.29, 1.82) is 0 Å². The summed E-state index contributed by atoms with van der Waals surface area (Å²) in [5, 5.41) is 0. The molecule has 2 aromatic heterocycles. The zero-order chi connectivity index (χ0) is 13.8. The Morgan fingerprint density at radius 1 is 1.42 bits per heavy atom. The maximum Gasteiger partial charge on any atom is 0.200 e. The summed E-state index contributed by atoms with van der Waals surface area (Å²) in [7, 11) is 0. The summed E-state index contributed by atoms with van der Waals surface area (Å²) in [6.07, 6.45) is 1.34. The molecule has 0 radical (unpaired) electrons. The molecule has 0 aliphatic rings. The second-order valence-electron chi connectivity index (χ2n) is 3.86. The summed E-state index contributed by atoms with van der Waals surface area (Å²) in [5.74, 6) is 0.267. The molecule has 0 saturated heterocycles. The fourth-order valence-electron chi connectivity index (χ4n) is 1.81. The third kappa shape index (κ3) is 3.09. The molecule has 8 heteroatoms. The highest BCUT2D eigenvalue weighted by atomic mass is 32.1. The molecule has 2 rings (SSSR count). The summed E-state index contributed by atoms with van der Waals surface area (Å²) >= 11 is 5.12. The average Bonchev–Trinajstić information content (AvgIpc) is 2.73. The van der Waals surface area contributed by atoms with Crippen LogP contribution in [-0.4, -0.2) is 39.0 Å². The number of rotatable bonds is 6. The van der Waals surface area contributed by atoms with Crippen molar-refractivity contribution in [2.75, 3.05) is 18.9 Å². The van der Waals surface area contributed by atoms with E-state index in [4.69, 9.17) is 27.4 Å². The number of ether oxygens (including phenoxy) is 2. The van der Waals surface area contributed by atoms with Crippen LogP contribution in [0.4, 0.5) is 5.95 Å². The molecule has 0 aliphatic heterocycles. The molecule has 2 heterocycles. The van der Waals surface area contributed by atoms with Gasteiger partial charge in [-0.2, -0.15) is 0 Å². The minimum absolute atomic E-state index is 0.267. The standard InChI is InChI=1S/C11H17N5O2S/c1-3-17-7(18-4-2)5-16-6-13-8-9(16)14-11(12)15-10(8)19/h6-7H,3-5H2,1-2H3,(H3,12,14,15,19). The third-order valence-corrected chi connectivity index (χ3v) is 2.84. The minimum Gasteiger partial charge on any atom is -0.369 e. The number of aromatic amines is 1. The average molecular weight is 283 g/mol. The van der Waals surface area contributed by atoms with Gasteiger partial charge in [-0.1, -0.05) is 12.2 Å². The highest BCUT2D eigenvalue weighted by Crippen LogP contribution is 2.13. The zero-order valence-electron chi connectivity index (χ0n) is 10.9. The van der Waals surface area contributed by atoms with E-state index in [0.29, 0.717) is 29.9 Å². The van der Waals surface area contributed by atoms with Gasteiger partial charge in [0.25, 0.3) is 0 Å². The summed E-state index contributed by atoms with van der Waals surface area (Å²) in [5.41, 5.74) is 7.01. The van der Waals surface area contributed by atoms with Gasteiger partial charge in [-0.25, -0.2) is 9.97 Å². The van der Waals surface area contributed by atoms with Gasteiger partial charge in [0.2, 0.25) is 0 Å². The molecule has 0 spiro atoms. The number of imidazole rings is 1. The van der Waals surface area contributed by atoms with Crippen molar-refractivity contribution in [2.45, 2.75) is 26.7 Å². The highest BCUT2D eigenvalue weighted by Gasteiger charge is 2.13. The van der Waals surface area contributed by atoms with Crippen LogP contribution in [0.15, 0.2) is 6.33 Å². The molecule has 0 unspecified atom stereocenters. The normalized spacial score (nSPS) is 11.5. The Kier molecular flexibility index (Phi) is 4.46. The van der Waals surface area contributed by atoms with Gasteiger partial charge in [0.15, 0.2) is 16.9 Å². The molecular formula is C11H17N5O2S. The molecule has 0 saturated carbocycles. The van der Waals surface area contributed by atoms with E-state index in [9.17, 15) is 0 Å². The molecule has 3 N–H and O–H groups in total. The van der Waals surface area contributed by atoms with Crippen LogP contribution in [-0.2, 0) is 16.0 Å². The smallest absolute Gasteiger partial charge is 0.200 e. The van der Waals surface area contributed by atoms with E-state index in [2.05, 4.69) is 15.0 Å². The van der Waals surface area contributed by atoms with Crippen molar-refractivity contribution in [1.82, 2.24) is 19.5 Å². The predicted molar refractivity (Wildman–Crippen MR) is 74.2 cm³/mol. The summed E-state index contributed by atoms with van der Waals surface area (Å²) < 4.78 is 13.3. The van der Waals surface area contributed by atoms with Gasteiger partial charge in [0.05, 0.1) is 12.9 Å².